The molecular weight excluding hydrogens is 198 g/mol. The van der Waals surface area contributed by atoms with Crippen LogP contribution in [0.5, 0.6) is 11.5 Å². The fraction of sp³-hybridized carbons (Fsp3) is 0.400. The zero-order valence-electron chi connectivity index (χ0n) is 8.41. The van der Waals surface area contributed by atoms with Gasteiger partial charge in [0.05, 0.1) is 19.9 Å². The molecule has 0 radical (unpaired) electrons. The van der Waals surface area contributed by atoms with Crippen LogP contribution < -0.4 is 14.8 Å². The van der Waals surface area contributed by atoms with E-state index in [1.165, 1.54) is 0 Å². The van der Waals surface area contributed by atoms with Crippen LogP contribution in [0.15, 0.2) is 18.2 Å². The largest absolute Gasteiger partial charge is 0.497 e. The highest BCUT2D eigenvalue weighted by molar-refractivity contribution is 7.80. The molecule has 4 heteroatoms. The lowest BCUT2D eigenvalue weighted by molar-refractivity contribution is 0.395. The first kappa shape index (κ1) is 11.0. The maximum atomic E-state index is 5.22. The van der Waals surface area contributed by atoms with Crippen LogP contribution >= 0.6 is 12.6 Å². The molecule has 1 aromatic rings. The molecule has 1 rings (SSSR count). The van der Waals surface area contributed by atoms with Crippen LogP contribution in [0.4, 0.5) is 5.69 Å². The van der Waals surface area contributed by atoms with Crippen molar-refractivity contribution in [3.63, 3.8) is 0 Å². The van der Waals surface area contributed by atoms with Crippen LogP contribution in [0.1, 0.15) is 0 Å². The third-order valence-electron chi connectivity index (χ3n) is 1.84. The van der Waals surface area contributed by atoms with Crippen molar-refractivity contribution in [1.82, 2.24) is 0 Å². The quantitative estimate of drug-likeness (QED) is 0.734. The van der Waals surface area contributed by atoms with Gasteiger partial charge in [0.25, 0.3) is 0 Å². The van der Waals surface area contributed by atoms with Gasteiger partial charge >= 0.3 is 0 Å². The van der Waals surface area contributed by atoms with E-state index < -0.39 is 0 Å². The van der Waals surface area contributed by atoms with E-state index in [9.17, 15) is 0 Å². The Morgan fingerprint density at radius 1 is 1.29 bits per heavy atom. The summed E-state index contributed by atoms with van der Waals surface area (Å²) < 4.78 is 10.3. The summed E-state index contributed by atoms with van der Waals surface area (Å²) in [7, 11) is 3.27. The van der Waals surface area contributed by atoms with E-state index in [1.54, 1.807) is 14.2 Å². The normalized spacial score (nSPS) is 9.64. The highest BCUT2D eigenvalue weighted by Crippen LogP contribution is 2.28. The molecule has 0 bridgehead atoms. The van der Waals surface area contributed by atoms with E-state index in [1.807, 2.05) is 18.2 Å². The fourth-order valence-corrected chi connectivity index (χ4v) is 1.25. The SMILES string of the molecule is COc1ccc(NCCS)c(OC)c1. The van der Waals surface area contributed by atoms with Gasteiger partial charge in [-0.05, 0) is 12.1 Å². The number of methoxy groups -OCH3 is 2. The van der Waals surface area contributed by atoms with Crippen LogP contribution in [0.3, 0.4) is 0 Å². The van der Waals surface area contributed by atoms with Gasteiger partial charge in [0.2, 0.25) is 0 Å². The van der Waals surface area contributed by atoms with Crippen LogP contribution in [-0.4, -0.2) is 26.5 Å². The summed E-state index contributed by atoms with van der Waals surface area (Å²) in [4.78, 5) is 0. The van der Waals surface area contributed by atoms with Gasteiger partial charge in [-0.15, -0.1) is 0 Å². The van der Waals surface area contributed by atoms with Crippen molar-refractivity contribution in [3.8, 4) is 11.5 Å². The van der Waals surface area contributed by atoms with Crippen molar-refractivity contribution in [1.29, 1.82) is 0 Å². The molecule has 14 heavy (non-hydrogen) atoms. The number of ether oxygens (including phenoxy) is 2. The Labute approximate surface area is 89.8 Å². The van der Waals surface area contributed by atoms with E-state index in [-0.39, 0.29) is 0 Å². The molecule has 0 saturated heterocycles. The van der Waals surface area contributed by atoms with Crippen LogP contribution in [0.25, 0.3) is 0 Å². The minimum absolute atomic E-state index is 0.783. The molecule has 0 aliphatic rings. The van der Waals surface area contributed by atoms with Gasteiger partial charge in [0.15, 0.2) is 0 Å². The minimum Gasteiger partial charge on any atom is -0.497 e. The molecule has 0 amide bonds. The monoisotopic (exact) mass is 213 g/mol. The first-order valence-electron chi connectivity index (χ1n) is 4.38. The van der Waals surface area contributed by atoms with Crippen molar-refractivity contribution in [2.45, 2.75) is 0 Å². The molecule has 1 aromatic carbocycles. The van der Waals surface area contributed by atoms with Gasteiger partial charge in [0.1, 0.15) is 11.5 Å². The fourth-order valence-electron chi connectivity index (χ4n) is 1.14. The number of anilines is 1. The average Bonchev–Trinajstić information content (AvgIpc) is 2.26. The summed E-state index contributed by atoms with van der Waals surface area (Å²) in [5.41, 5.74) is 0.961. The maximum Gasteiger partial charge on any atom is 0.145 e. The smallest absolute Gasteiger partial charge is 0.145 e. The number of benzene rings is 1. The summed E-state index contributed by atoms with van der Waals surface area (Å²) in [5.74, 6) is 2.36. The number of hydrogen-bond acceptors (Lipinski definition) is 4. The molecule has 0 aliphatic heterocycles. The molecule has 1 N–H and O–H groups in total. The van der Waals surface area contributed by atoms with Crippen LogP contribution in [0.2, 0.25) is 0 Å². The summed E-state index contributed by atoms with van der Waals surface area (Å²) in [6.45, 7) is 0.811. The Hall–Kier alpha value is -1.03. The standard InChI is InChI=1S/C10H15NO2S/c1-12-8-3-4-9(11-5-6-14)10(7-8)13-2/h3-4,7,11,14H,5-6H2,1-2H3. The zero-order valence-corrected chi connectivity index (χ0v) is 9.30. The van der Waals surface area contributed by atoms with Crippen molar-refractivity contribution in [2.75, 3.05) is 31.8 Å². The zero-order chi connectivity index (χ0) is 10.4. The van der Waals surface area contributed by atoms with E-state index in [0.717, 1.165) is 29.5 Å². The van der Waals surface area contributed by atoms with Gasteiger partial charge in [-0.1, -0.05) is 0 Å². The Bertz CT molecular complexity index is 291. The van der Waals surface area contributed by atoms with E-state index in [2.05, 4.69) is 17.9 Å². The number of rotatable bonds is 5. The maximum absolute atomic E-state index is 5.22. The highest BCUT2D eigenvalue weighted by Gasteiger charge is 2.03. The van der Waals surface area contributed by atoms with Crippen LogP contribution in [-0.2, 0) is 0 Å². The van der Waals surface area contributed by atoms with E-state index >= 15 is 0 Å². The summed E-state index contributed by atoms with van der Waals surface area (Å²) in [5, 5.41) is 3.21. The number of thiol groups is 1. The highest BCUT2D eigenvalue weighted by atomic mass is 32.1. The third-order valence-corrected chi connectivity index (χ3v) is 2.06. The molecule has 78 valence electrons. The lowest BCUT2D eigenvalue weighted by Crippen LogP contribution is -2.04. The van der Waals surface area contributed by atoms with Gasteiger partial charge in [-0.2, -0.15) is 12.6 Å². The molecule has 0 aliphatic carbocycles. The Morgan fingerprint density at radius 2 is 2.07 bits per heavy atom. The Morgan fingerprint density at radius 3 is 2.64 bits per heavy atom. The summed E-state index contributed by atoms with van der Waals surface area (Å²) in [6.07, 6.45) is 0. The second-order valence-electron chi connectivity index (χ2n) is 2.72. The van der Waals surface area contributed by atoms with Gasteiger partial charge < -0.3 is 14.8 Å². The second kappa shape index (κ2) is 5.65. The van der Waals surface area contributed by atoms with E-state index in [0.29, 0.717) is 0 Å². The molecule has 0 unspecified atom stereocenters. The molecule has 0 aromatic heterocycles. The topological polar surface area (TPSA) is 30.5 Å². The third kappa shape index (κ3) is 2.73. The number of hydrogen-bond donors (Lipinski definition) is 2. The minimum atomic E-state index is 0.783. The Balaban J connectivity index is 2.82. The van der Waals surface area contributed by atoms with Crippen molar-refractivity contribution in [2.24, 2.45) is 0 Å². The first-order valence-corrected chi connectivity index (χ1v) is 5.02. The van der Waals surface area contributed by atoms with Gasteiger partial charge in [-0.25, -0.2) is 0 Å². The van der Waals surface area contributed by atoms with Gasteiger partial charge in [0, 0.05) is 18.4 Å². The lowest BCUT2D eigenvalue weighted by atomic mass is 10.2. The predicted octanol–water partition coefficient (Wildman–Crippen LogP) is 2.05. The molecule has 0 fully saturated rings. The molecular formula is C10H15NO2S. The van der Waals surface area contributed by atoms with Crippen molar-refractivity contribution in [3.05, 3.63) is 18.2 Å². The number of nitrogens with one attached hydrogen (secondary N) is 1. The van der Waals surface area contributed by atoms with Crippen molar-refractivity contribution < 1.29 is 9.47 Å². The van der Waals surface area contributed by atoms with E-state index in [4.69, 9.17) is 9.47 Å². The lowest BCUT2D eigenvalue weighted by Gasteiger charge is -2.11. The molecule has 0 atom stereocenters. The molecule has 0 saturated carbocycles. The predicted molar refractivity (Wildman–Crippen MR) is 61.9 cm³/mol. The summed E-state index contributed by atoms with van der Waals surface area (Å²) >= 11 is 4.13. The summed E-state index contributed by atoms with van der Waals surface area (Å²) in [6, 6.07) is 5.67. The first-order chi connectivity index (χ1) is 6.81. The molecule has 0 spiro atoms. The van der Waals surface area contributed by atoms with Gasteiger partial charge in [-0.3, -0.25) is 0 Å². The average molecular weight is 213 g/mol. The van der Waals surface area contributed by atoms with Crippen LogP contribution in [0, 0.1) is 0 Å². The van der Waals surface area contributed by atoms with Crippen molar-refractivity contribution >= 4 is 18.3 Å². The Kier molecular flexibility index (Phi) is 4.46. The second-order valence-corrected chi connectivity index (χ2v) is 3.16. The molecule has 3 nitrogen and oxygen atoms in total. The molecule has 0 heterocycles.